The first-order valence-electron chi connectivity index (χ1n) is 4.87. The van der Waals surface area contributed by atoms with Crippen LogP contribution in [0.5, 0.6) is 0 Å². The Morgan fingerprint density at radius 2 is 2.29 bits per heavy atom. The number of aryl methyl sites for hydroxylation is 1. The predicted octanol–water partition coefficient (Wildman–Crippen LogP) is 0.969. The summed E-state index contributed by atoms with van der Waals surface area (Å²) < 4.78 is 0. The van der Waals surface area contributed by atoms with Gasteiger partial charge in [0.05, 0.1) is 18.5 Å². The molecule has 0 saturated heterocycles. The molecule has 2 N–H and O–H groups in total. The van der Waals surface area contributed by atoms with Crippen molar-refractivity contribution in [3.8, 4) is 0 Å². The third kappa shape index (κ3) is 2.01. The fourth-order valence-electron chi connectivity index (χ4n) is 1.39. The van der Waals surface area contributed by atoms with E-state index in [1.54, 1.807) is 12.4 Å². The molecule has 0 atom stereocenters. The average Bonchev–Trinajstić information content (AvgIpc) is 2.96. The van der Waals surface area contributed by atoms with Crippen LogP contribution >= 0.6 is 0 Å². The monoisotopic (exact) mass is 193 g/mol. The van der Waals surface area contributed by atoms with Gasteiger partial charge in [0.1, 0.15) is 5.82 Å². The number of anilines is 1. The van der Waals surface area contributed by atoms with E-state index < -0.39 is 0 Å². The summed E-state index contributed by atoms with van der Waals surface area (Å²) >= 11 is 0. The third-order valence-corrected chi connectivity index (χ3v) is 2.69. The van der Waals surface area contributed by atoms with E-state index in [1.807, 2.05) is 6.92 Å². The number of nitrogens with one attached hydrogen (secondary N) is 1. The number of aliphatic hydroxyl groups is 1. The van der Waals surface area contributed by atoms with E-state index in [0.29, 0.717) is 0 Å². The first kappa shape index (κ1) is 9.40. The fraction of sp³-hybridized carbons (Fsp3) is 0.600. The summed E-state index contributed by atoms with van der Waals surface area (Å²) in [5.74, 6) is 0.796. The van der Waals surface area contributed by atoms with Crippen LogP contribution in [-0.2, 0) is 0 Å². The Morgan fingerprint density at radius 1 is 1.50 bits per heavy atom. The molecule has 1 aliphatic carbocycles. The number of nitrogens with zero attached hydrogens (tertiary/aromatic N) is 2. The Bertz CT molecular complexity index is 323. The van der Waals surface area contributed by atoms with Crippen molar-refractivity contribution in [2.45, 2.75) is 19.8 Å². The highest BCUT2D eigenvalue weighted by Crippen LogP contribution is 2.44. The van der Waals surface area contributed by atoms with E-state index in [4.69, 9.17) is 5.11 Å². The van der Waals surface area contributed by atoms with Crippen LogP contribution in [0.1, 0.15) is 18.5 Å². The van der Waals surface area contributed by atoms with E-state index in [0.717, 1.165) is 30.9 Å². The molecule has 4 heteroatoms. The van der Waals surface area contributed by atoms with Crippen molar-refractivity contribution in [1.29, 1.82) is 0 Å². The standard InChI is InChI=1S/C10H15N3O/c1-8-4-11-5-9(13-8)12-6-10(7-14)2-3-10/h4-5,14H,2-3,6-7H2,1H3,(H,12,13). The molecule has 1 heterocycles. The summed E-state index contributed by atoms with van der Waals surface area (Å²) in [4.78, 5) is 8.33. The van der Waals surface area contributed by atoms with Crippen LogP contribution in [-0.4, -0.2) is 28.2 Å². The van der Waals surface area contributed by atoms with E-state index in [9.17, 15) is 0 Å². The van der Waals surface area contributed by atoms with E-state index in [1.165, 1.54) is 0 Å². The molecular formula is C10H15N3O. The number of hydrogen-bond donors (Lipinski definition) is 2. The molecule has 0 bridgehead atoms. The van der Waals surface area contributed by atoms with Gasteiger partial charge >= 0.3 is 0 Å². The molecule has 1 fully saturated rings. The second-order valence-electron chi connectivity index (χ2n) is 4.06. The lowest BCUT2D eigenvalue weighted by atomic mass is 10.1. The molecule has 0 amide bonds. The number of aliphatic hydroxyl groups excluding tert-OH is 1. The lowest BCUT2D eigenvalue weighted by Crippen LogP contribution is -2.19. The van der Waals surface area contributed by atoms with Crippen molar-refractivity contribution in [2.24, 2.45) is 5.41 Å². The maximum Gasteiger partial charge on any atom is 0.144 e. The van der Waals surface area contributed by atoms with Crippen molar-refractivity contribution in [3.63, 3.8) is 0 Å². The van der Waals surface area contributed by atoms with Gasteiger partial charge in [0.25, 0.3) is 0 Å². The highest BCUT2D eigenvalue weighted by molar-refractivity contribution is 5.32. The topological polar surface area (TPSA) is 58.0 Å². The molecule has 1 aromatic heterocycles. The van der Waals surface area contributed by atoms with Gasteiger partial charge < -0.3 is 10.4 Å². The van der Waals surface area contributed by atoms with Gasteiger partial charge in [-0.1, -0.05) is 0 Å². The molecule has 0 aliphatic heterocycles. The Labute approximate surface area is 83.4 Å². The zero-order valence-corrected chi connectivity index (χ0v) is 8.32. The summed E-state index contributed by atoms with van der Waals surface area (Å²) in [6.45, 7) is 2.97. The smallest absolute Gasteiger partial charge is 0.144 e. The molecule has 0 radical (unpaired) electrons. The Kier molecular flexibility index (Phi) is 2.37. The van der Waals surface area contributed by atoms with Crippen molar-refractivity contribution in [2.75, 3.05) is 18.5 Å². The van der Waals surface area contributed by atoms with E-state index >= 15 is 0 Å². The van der Waals surface area contributed by atoms with Crippen molar-refractivity contribution in [3.05, 3.63) is 18.1 Å². The lowest BCUT2D eigenvalue weighted by molar-refractivity contribution is 0.219. The van der Waals surface area contributed by atoms with E-state index in [2.05, 4.69) is 15.3 Å². The Morgan fingerprint density at radius 3 is 2.86 bits per heavy atom. The molecule has 0 aromatic carbocycles. The minimum absolute atomic E-state index is 0.116. The van der Waals surface area contributed by atoms with Gasteiger partial charge in [0, 0.05) is 18.2 Å². The molecule has 76 valence electrons. The maximum absolute atomic E-state index is 9.11. The predicted molar refractivity (Wildman–Crippen MR) is 54.0 cm³/mol. The molecule has 0 spiro atoms. The summed E-state index contributed by atoms with van der Waals surface area (Å²) in [6, 6.07) is 0. The van der Waals surface area contributed by atoms with Crippen LogP contribution in [0, 0.1) is 12.3 Å². The van der Waals surface area contributed by atoms with Gasteiger partial charge in [-0.05, 0) is 19.8 Å². The number of hydrogen-bond acceptors (Lipinski definition) is 4. The fourth-order valence-corrected chi connectivity index (χ4v) is 1.39. The minimum atomic E-state index is 0.116. The zero-order valence-electron chi connectivity index (χ0n) is 8.32. The lowest BCUT2D eigenvalue weighted by Gasteiger charge is -2.12. The molecule has 2 rings (SSSR count). The second-order valence-corrected chi connectivity index (χ2v) is 4.06. The molecule has 0 unspecified atom stereocenters. The number of rotatable bonds is 4. The van der Waals surface area contributed by atoms with Gasteiger partial charge in [0.15, 0.2) is 0 Å². The molecule has 1 aliphatic rings. The Hall–Kier alpha value is -1.16. The highest BCUT2D eigenvalue weighted by Gasteiger charge is 2.41. The van der Waals surface area contributed by atoms with Crippen LogP contribution in [0.15, 0.2) is 12.4 Å². The third-order valence-electron chi connectivity index (χ3n) is 2.69. The SMILES string of the molecule is Cc1cncc(NCC2(CO)CC2)n1. The minimum Gasteiger partial charge on any atom is -0.396 e. The molecule has 1 saturated carbocycles. The zero-order chi connectivity index (χ0) is 10.0. The number of aromatic nitrogens is 2. The highest BCUT2D eigenvalue weighted by atomic mass is 16.3. The van der Waals surface area contributed by atoms with Gasteiger partial charge in [-0.15, -0.1) is 0 Å². The quantitative estimate of drug-likeness (QED) is 0.748. The summed E-state index contributed by atoms with van der Waals surface area (Å²) in [6.07, 6.45) is 5.65. The van der Waals surface area contributed by atoms with Crippen molar-refractivity contribution < 1.29 is 5.11 Å². The van der Waals surface area contributed by atoms with Crippen molar-refractivity contribution >= 4 is 5.82 Å². The van der Waals surface area contributed by atoms with Crippen LogP contribution in [0.4, 0.5) is 5.82 Å². The summed E-state index contributed by atoms with van der Waals surface area (Å²) in [5.41, 5.74) is 1.02. The van der Waals surface area contributed by atoms with Crippen LogP contribution in [0.3, 0.4) is 0 Å². The first-order chi connectivity index (χ1) is 6.74. The molecule has 1 aromatic rings. The second kappa shape index (κ2) is 3.53. The summed E-state index contributed by atoms with van der Waals surface area (Å²) in [5, 5.41) is 12.3. The largest absolute Gasteiger partial charge is 0.396 e. The average molecular weight is 193 g/mol. The molecule has 14 heavy (non-hydrogen) atoms. The van der Waals surface area contributed by atoms with Gasteiger partial charge in [-0.2, -0.15) is 0 Å². The van der Waals surface area contributed by atoms with Crippen molar-refractivity contribution in [1.82, 2.24) is 9.97 Å². The summed E-state index contributed by atoms with van der Waals surface area (Å²) in [7, 11) is 0. The molecule has 4 nitrogen and oxygen atoms in total. The van der Waals surface area contributed by atoms with E-state index in [-0.39, 0.29) is 12.0 Å². The molecular weight excluding hydrogens is 178 g/mol. The normalized spacial score (nSPS) is 17.9. The van der Waals surface area contributed by atoms with Crippen LogP contribution in [0.25, 0.3) is 0 Å². The van der Waals surface area contributed by atoms with Gasteiger partial charge in [-0.3, -0.25) is 4.98 Å². The van der Waals surface area contributed by atoms with Crippen LogP contribution in [0.2, 0.25) is 0 Å². The van der Waals surface area contributed by atoms with Gasteiger partial charge in [0.2, 0.25) is 0 Å². The first-order valence-corrected chi connectivity index (χ1v) is 4.87. The van der Waals surface area contributed by atoms with Gasteiger partial charge in [-0.25, -0.2) is 4.98 Å². The Balaban J connectivity index is 1.92. The van der Waals surface area contributed by atoms with Crippen LogP contribution < -0.4 is 5.32 Å². The maximum atomic E-state index is 9.11.